The molecule has 1 amide bonds. The van der Waals surface area contributed by atoms with Crippen molar-refractivity contribution >= 4 is 35.0 Å². The largest absolute Gasteiger partial charge is 0.483 e. The number of carbonyl (C=O) groups excluding carboxylic acids is 2. The highest BCUT2D eigenvalue weighted by Crippen LogP contribution is 2.31. The first kappa shape index (κ1) is 27.8. The van der Waals surface area contributed by atoms with Gasteiger partial charge >= 0.3 is 5.97 Å². The first-order chi connectivity index (χ1) is 19.8. The number of ether oxygens (including phenoxy) is 2. The molecule has 9 heteroatoms. The molecule has 208 valence electrons. The van der Waals surface area contributed by atoms with E-state index in [1.165, 1.54) is 11.3 Å². The zero-order valence-corrected chi connectivity index (χ0v) is 23.7. The minimum atomic E-state index is -0.686. The number of rotatable bonds is 8. The SMILES string of the molecule is CC1=C(C(=O)OC(C)C)C(c2ccccc2)n2c(sc(=Cc3ccccc3OCC(=O)Nc3ccccc3)c2=O)=N1. The van der Waals surface area contributed by atoms with Crippen molar-refractivity contribution in [3.05, 3.63) is 127 Å². The van der Waals surface area contributed by atoms with Crippen LogP contribution < -0.4 is 24.9 Å². The third-order valence-electron chi connectivity index (χ3n) is 6.32. The number of nitrogens with zero attached hydrogens (tertiary/aromatic N) is 2. The van der Waals surface area contributed by atoms with E-state index in [4.69, 9.17) is 9.47 Å². The van der Waals surface area contributed by atoms with Crippen LogP contribution in [-0.2, 0) is 14.3 Å². The Balaban J connectivity index is 1.51. The molecule has 0 fully saturated rings. The first-order valence-corrected chi connectivity index (χ1v) is 14.0. The standard InChI is InChI=1S/C32H29N3O5S/c1-20(2)40-31(38)28-21(3)33-32-35(29(28)22-12-6-4-7-13-22)30(37)26(41-32)18-23-14-10-11-17-25(23)39-19-27(36)34-24-15-8-5-9-16-24/h4-18,20,29H,19H2,1-3H3,(H,34,36). The molecular formula is C32H29N3O5S. The topological polar surface area (TPSA) is 99.0 Å². The Kier molecular flexibility index (Phi) is 8.26. The van der Waals surface area contributed by atoms with Crippen LogP contribution in [0.25, 0.3) is 6.08 Å². The summed E-state index contributed by atoms with van der Waals surface area (Å²) in [7, 11) is 0. The fraction of sp³-hybridized carbons (Fsp3) is 0.188. The van der Waals surface area contributed by atoms with Crippen molar-refractivity contribution in [1.29, 1.82) is 0 Å². The highest BCUT2D eigenvalue weighted by Gasteiger charge is 2.33. The lowest BCUT2D eigenvalue weighted by Crippen LogP contribution is -2.40. The van der Waals surface area contributed by atoms with E-state index in [1.807, 2.05) is 60.7 Å². The second-order valence-electron chi connectivity index (χ2n) is 9.69. The van der Waals surface area contributed by atoms with Crippen molar-refractivity contribution < 1.29 is 19.1 Å². The molecule has 1 atom stereocenters. The van der Waals surface area contributed by atoms with Gasteiger partial charge in [0.25, 0.3) is 11.5 Å². The number of allylic oxidation sites excluding steroid dienone is 1. The molecule has 0 saturated carbocycles. The summed E-state index contributed by atoms with van der Waals surface area (Å²) in [5, 5.41) is 2.79. The average Bonchev–Trinajstić information content (AvgIpc) is 3.26. The number of nitrogens with one attached hydrogen (secondary N) is 1. The van der Waals surface area contributed by atoms with Crippen LogP contribution in [0.3, 0.4) is 0 Å². The molecule has 5 rings (SSSR count). The number of hydrogen-bond acceptors (Lipinski definition) is 7. The minimum absolute atomic E-state index is 0.199. The number of para-hydroxylation sites is 2. The third-order valence-corrected chi connectivity index (χ3v) is 7.30. The lowest BCUT2D eigenvalue weighted by molar-refractivity contribution is -0.143. The number of carbonyl (C=O) groups is 2. The summed E-state index contributed by atoms with van der Waals surface area (Å²) in [5.74, 6) is -0.347. The van der Waals surface area contributed by atoms with Gasteiger partial charge in [0, 0.05) is 11.3 Å². The lowest BCUT2D eigenvalue weighted by atomic mass is 9.96. The Morgan fingerprint density at radius 2 is 1.66 bits per heavy atom. The summed E-state index contributed by atoms with van der Waals surface area (Å²) in [6, 6.07) is 25.0. The van der Waals surface area contributed by atoms with Crippen LogP contribution in [0.5, 0.6) is 5.75 Å². The van der Waals surface area contributed by atoms with Crippen LogP contribution in [0.4, 0.5) is 5.69 Å². The van der Waals surface area contributed by atoms with Crippen LogP contribution in [0.1, 0.15) is 37.9 Å². The molecule has 0 radical (unpaired) electrons. The molecule has 3 aromatic carbocycles. The summed E-state index contributed by atoms with van der Waals surface area (Å²) in [6.07, 6.45) is 1.40. The fourth-order valence-electron chi connectivity index (χ4n) is 4.55. The molecule has 0 bridgehead atoms. The summed E-state index contributed by atoms with van der Waals surface area (Å²) in [6.45, 7) is 5.12. The van der Waals surface area contributed by atoms with Crippen LogP contribution in [-0.4, -0.2) is 29.2 Å². The van der Waals surface area contributed by atoms with Gasteiger partial charge in [-0.25, -0.2) is 9.79 Å². The van der Waals surface area contributed by atoms with Gasteiger partial charge in [0.1, 0.15) is 5.75 Å². The molecule has 0 spiro atoms. The number of amides is 1. The van der Waals surface area contributed by atoms with Crippen molar-refractivity contribution in [2.24, 2.45) is 4.99 Å². The van der Waals surface area contributed by atoms with Crippen LogP contribution >= 0.6 is 11.3 Å². The zero-order chi connectivity index (χ0) is 28.9. The van der Waals surface area contributed by atoms with E-state index in [-0.39, 0.29) is 24.2 Å². The second-order valence-corrected chi connectivity index (χ2v) is 10.7. The van der Waals surface area contributed by atoms with E-state index >= 15 is 0 Å². The predicted molar refractivity (Wildman–Crippen MR) is 158 cm³/mol. The van der Waals surface area contributed by atoms with Gasteiger partial charge in [0.05, 0.1) is 27.9 Å². The summed E-state index contributed by atoms with van der Waals surface area (Å²) < 4.78 is 13.3. The van der Waals surface area contributed by atoms with Crippen LogP contribution in [0.15, 0.2) is 106 Å². The number of aromatic nitrogens is 1. The summed E-state index contributed by atoms with van der Waals surface area (Å²) in [5.41, 5.74) is 2.63. The van der Waals surface area contributed by atoms with Gasteiger partial charge in [-0.2, -0.15) is 0 Å². The lowest BCUT2D eigenvalue weighted by Gasteiger charge is -2.25. The minimum Gasteiger partial charge on any atom is -0.483 e. The Morgan fingerprint density at radius 3 is 2.37 bits per heavy atom. The van der Waals surface area contributed by atoms with Gasteiger partial charge in [-0.05, 0) is 50.6 Å². The maximum absolute atomic E-state index is 13.9. The molecule has 0 aliphatic carbocycles. The summed E-state index contributed by atoms with van der Waals surface area (Å²) >= 11 is 1.23. The van der Waals surface area contributed by atoms with E-state index in [1.54, 1.807) is 55.7 Å². The van der Waals surface area contributed by atoms with Gasteiger partial charge < -0.3 is 14.8 Å². The quantitative estimate of drug-likeness (QED) is 0.322. The smallest absolute Gasteiger partial charge is 0.338 e. The van der Waals surface area contributed by atoms with Gasteiger partial charge in [0.15, 0.2) is 11.4 Å². The van der Waals surface area contributed by atoms with E-state index in [0.717, 1.165) is 5.56 Å². The monoisotopic (exact) mass is 567 g/mol. The highest BCUT2D eigenvalue weighted by molar-refractivity contribution is 7.07. The van der Waals surface area contributed by atoms with Crippen LogP contribution in [0.2, 0.25) is 0 Å². The Hall–Kier alpha value is -4.76. The number of esters is 1. The average molecular weight is 568 g/mol. The van der Waals surface area contributed by atoms with Gasteiger partial charge in [0.2, 0.25) is 0 Å². The van der Waals surface area contributed by atoms with E-state index < -0.39 is 12.0 Å². The highest BCUT2D eigenvalue weighted by atomic mass is 32.1. The Morgan fingerprint density at radius 1 is 1.00 bits per heavy atom. The number of hydrogen-bond donors (Lipinski definition) is 1. The first-order valence-electron chi connectivity index (χ1n) is 13.2. The van der Waals surface area contributed by atoms with Gasteiger partial charge in [-0.1, -0.05) is 78.1 Å². The molecule has 2 heterocycles. The number of anilines is 1. The van der Waals surface area contributed by atoms with Crippen LogP contribution in [0, 0.1) is 0 Å². The Labute approximate surface area is 240 Å². The number of benzene rings is 3. The van der Waals surface area contributed by atoms with Crippen molar-refractivity contribution in [3.63, 3.8) is 0 Å². The van der Waals surface area contributed by atoms with E-state index in [0.29, 0.717) is 37.6 Å². The van der Waals surface area contributed by atoms with Crippen molar-refractivity contribution in [3.8, 4) is 5.75 Å². The predicted octanol–water partition coefficient (Wildman–Crippen LogP) is 4.20. The second kappa shape index (κ2) is 12.2. The van der Waals surface area contributed by atoms with Crippen molar-refractivity contribution in [2.45, 2.75) is 32.9 Å². The van der Waals surface area contributed by atoms with Crippen molar-refractivity contribution in [1.82, 2.24) is 4.57 Å². The van der Waals surface area contributed by atoms with E-state index in [9.17, 15) is 14.4 Å². The molecule has 1 aliphatic rings. The number of fused-ring (bicyclic) bond motifs is 1. The molecule has 8 nitrogen and oxygen atoms in total. The third kappa shape index (κ3) is 6.20. The van der Waals surface area contributed by atoms with E-state index in [2.05, 4.69) is 10.3 Å². The fourth-order valence-corrected chi connectivity index (χ4v) is 5.58. The van der Waals surface area contributed by atoms with Crippen molar-refractivity contribution in [2.75, 3.05) is 11.9 Å². The molecule has 41 heavy (non-hydrogen) atoms. The summed E-state index contributed by atoms with van der Waals surface area (Å²) in [4.78, 5) is 44.6. The van der Waals surface area contributed by atoms with Gasteiger partial charge in [-0.15, -0.1) is 0 Å². The molecule has 0 saturated heterocycles. The molecule has 4 aromatic rings. The molecule has 1 aliphatic heterocycles. The normalized spacial score (nSPS) is 14.8. The molecule has 1 unspecified atom stereocenters. The van der Waals surface area contributed by atoms with Gasteiger partial charge in [-0.3, -0.25) is 14.2 Å². The maximum Gasteiger partial charge on any atom is 0.338 e. The number of thiazole rings is 1. The zero-order valence-electron chi connectivity index (χ0n) is 22.9. The Bertz CT molecular complexity index is 1790. The molecule has 1 N–H and O–H groups in total. The molecular weight excluding hydrogens is 538 g/mol. The molecule has 1 aromatic heterocycles. The maximum atomic E-state index is 13.9.